The van der Waals surface area contributed by atoms with E-state index in [4.69, 9.17) is 16.1 Å². The molecule has 1 N–H and O–H groups in total. The largest absolute Gasteiger partial charge is 0.352 e. The molecular weight excluding hydrogens is 310 g/mol. The van der Waals surface area contributed by atoms with Gasteiger partial charge in [-0.15, -0.1) is 18.3 Å². The minimum atomic E-state index is -0.0466. The van der Waals surface area contributed by atoms with E-state index < -0.39 is 0 Å². The number of aromatic nitrogens is 2. The molecular formula is C14H14ClN3O2S. The Morgan fingerprint density at radius 2 is 2.29 bits per heavy atom. The zero-order valence-electron chi connectivity index (χ0n) is 11.2. The third-order valence-electron chi connectivity index (χ3n) is 2.48. The summed E-state index contributed by atoms with van der Waals surface area (Å²) < 4.78 is 5.18. The van der Waals surface area contributed by atoms with Crippen molar-refractivity contribution in [3.8, 4) is 11.5 Å². The van der Waals surface area contributed by atoms with Crippen molar-refractivity contribution >= 4 is 29.3 Å². The highest BCUT2D eigenvalue weighted by atomic mass is 35.5. The summed E-state index contributed by atoms with van der Waals surface area (Å²) in [6.07, 6.45) is 1.64. The summed E-state index contributed by atoms with van der Waals surface area (Å²) >= 11 is 7.48. The highest BCUT2D eigenvalue weighted by Gasteiger charge is 2.12. The lowest BCUT2D eigenvalue weighted by molar-refractivity contribution is -0.118. The number of rotatable bonds is 7. The van der Waals surface area contributed by atoms with Crippen LogP contribution >= 0.6 is 23.4 Å². The van der Waals surface area contributed by atoms with Crippen molar-refractivity contribution in [1.29, 1.82) is 0 Å². The number of halogens is 1. The maximum absolute atomic E-state index is 11.4. The number of hydrogen-bond acceptors (Lipinski definition) is 5. The van der Waals surface area contributed by atoms with Gasteiger partial charge in [-0.25, -0.2) is 0 Å². The van der Waals surface area contributed by atoms with Crippen molar-refractivity contribution < 1.29 is 9.32 Å². The Balaban J connectivity index is 1.88. The van der Waals surface area contributed by atoms with Gasteiger partial charge in [0.2, 0.25) is 5.91 Å². The van der Waals surface area contributed by atoms with Crippen LogP contribution in [0.15, 0.2) is 41.4 Å². The van der Waals surface area contributed by atoms with E-state index >= 15 is 0 Å². The van der Waals surface area contributed by atoms with Crippen LogP contribution in [-0.2, 0) is 10.5 Å². The lowest BCUT2D eigenvalue weighted by Crippen LogP contribution is -2.25. The fourth-order valence-corrected chi connectivity index (χ4v) is 2.43. The van der Waals surface area contributed by atoms with Crippen molar-refractivity contribution in [1.82, 2.24) is 15.5 Å². The maximum Gasteiger partial charge on any atom is 0.259 e. The second-order valence-electron chi connectivity index (χ2n) is 4.08. The molecule has 21 heavy (non-hydrogen) atoms. The second-order valence-corrected chi connectivity index (χ2v) is 5.47. The summed E-state index contributed by atoms with van der Waals surface area (Å²) in [6.45, 7) is 4.00. The number of carbonyl (C=O) groups is 1. The van der Waals surface area contributed by atoms with E-state index in [1.54, 1.807) is 12.1 Å². The fraction of sp³-hybridized carbons (Fsp3) is 0.214. The summed E-state index contributed by atoms with van der Waals surface area (Å²) in [4.78, 5) is 15.7. The van der Waals surface area contributed by atoms with E-state index in [1.165, 1.54) is 11.8 Å². The Morgan fingerprint density at radius 3 is 3.05 bits per heavy atom. The van der Waals surface area contributed by atoms with Gasteiger partial charge >= 0.3 is 0 Å². The van der Waals surface area contributed by atoms with E-state index in [9.17, 15) is 4.79 Å². The molecule has 0 bridgehead atoms. The van der Waals surface area contributed by atoms with Gasteiger partial charge < -0.3 is 9.84 Å². The summed E-state index contributed by atoms with van der Waals surface area (Å²) in [5, 5.41) is 7.14. The predicted octanol–water partition coefficient (Wildman–Crippen LogP) is 2.93. The van der Waals surface area contributed by atoms with Gasteiger partial charge in [0.15, 0.2) is 5.82 Å². The quantitative estimate of drug-likeness (QED) is 0.793. The standard InChI is InChI=1S/C14H14ClN3O2S/c1-2-7-16-13(19)9-21-8-12-17-14(20-18-12)10-5-3-4-6-11(10)15/h2-6H,1,7-9H2,(H,16,19). The molecule has 0 spiro atoms. The topological polar surface area (TPSA) is 68.0 Å². The van der Waals surface area contributed by atoms with Gasteiger partial charge in [-0.1, -0.05) is 35.0 Å². The second kappa shape index (κ2) is 7.85. The molecule has 1 aromatic carbocycles. The third kappa shape index (κ3) is 4.61. The van der Waals surface area contributed by atoms with E-state index in [0.717, 1.165) is 0 Å². The molecule has 1 amide bonds. The Morgan fingerprint density at radius 1 is 1.48 bits per heavy atom. The SMILES string of the molecule is C=CCNC(=O)CSCc1noc(-c2ccccc2Cl)n1. The first-order valence-corrected chi connectivity index (χ1v) is 7.77. The molecule has 0 saturated heterocycles. The molecule has 0 aliphatic heterocycles. The molecule has 5 nitrogen and oxygen atoms in total. The van der Waals surface area contributed by atoms with Gasteiger partial charge in [0.05, 0.1) is 22.1 Å². The lowest BCUT2D eigenvalue weighted by Gasteiger charge is -2.00. The van der Waals surface area contributed by atoms with Gasteiger partial charge in [-0.3, -0.25) is 4.79 Å². The number of benzene rings is 1. The molecule has 0 aliphatic rings. The number of hydrogen-bond donors (Lipinski definition) is 1. The molecule has 0 saturated carbocycles. The van der Waals surface area contributed by atoms with Gasteiger partial charge in [0.1, 0.15) is 0 Å². The van der Waals surface area contributed by atoms with Crippen molar-refractivity contribution in [2.75, 3.05) is 12.3 Å². The Bertz CT molecular complexity index is 630. The number of nitrogens with zero attached hydrogens (tertiary/aromatic N) is 2. The molecule has 0 unspecified atom stereocenters. The number of amides is 1. The molecule has 0 radical (unpaired) electrons. The van der Waals surface area contributed by atoms with Crippen molar-refractivity contribution in [3.63, 3.8) is 0 Å². The minimum Gasteiger partial charge on any atom is -0.352 e. The summed E-state index contributed by atoms with van der Waals surface area (Å²) in [5.41, 5.74) is 0.701. The van der Waals surface area contributed by atoms with E-state index in [1.807, 2.05) is 18.2 Å². The van der Waals surface area contributed by atoms with Crippen LogP contribution in [0.2, 0.25) is 5.02 Å². The normalized spacial score (nSPS) is 10.3. The van der Waals surface area contributed by atoms with Crippen LogP contribution in [0.1, 0.15) is 5.82 Å². The van der Waals surface area contributed by atoms with Crippen LogP contribution in [0.4, 0.5) is 0 Å². The summed E-state index contributed by atoms with van der Waals surface area (Å²) in [6, 6.07) is 7.26. The maximum atomic E-state index is 11.4. The van der Waals surface area contributed by atoms with Crippen molar-refractivity contribution in [2.24, 2.45) is 0 Å². The van der Waals surface area contributed by atoms with Crippen LogP contribution in [-0.4, -0.2) is 28.3 Å². The number of carbonyl (C=O) groups excluding carboxylic acids is 1. The van der Waals surface area contributed by atoms with Gasteiger partial charge in [0.25, 0.3) is 5.89 Å². The average molecular weight is 324 g/mol. The first-order valence-electron chi connectivity index (χ1n) is 6.23. The molecule has 2 aromatic rings. The fourth-order valence-electron chi connectivity index (χ4n) is 1.53. The van der Waals surface area contributed by atoms with Gasteiger partial charge in [-0.2, -0.15) is 4.98 Å². The van der Waals surface area contributed by atoms with E-state index in [-0.39, 0.29) is 5.91 Å². The highest BCUT2D eigenvalue weighted by molar-refractivity contribution is 7.99. The summed E-state index contributed by atoms with van der Waals surface area (Å²) in [7, 11) is 0. The zero-order valence-corrected chi connectivity index (χ0v) is 12.8. The Kier molecular flexibility index (Phi) is 5.83. The van der Waals surface area contributed by atoms with Gasteiger partial charge in [-0.05, 0) is 12.1 Å². The van der Waals surface area contributed by atoms with Crippen LogP contribution in [0.3, 0.4) is 0 Å². The monoisotopic (exact) mass is 323 g/mol. The lowest BCUT2D eigenvalue weighted by atomic mass is 10.2. The molecule has 110 valence electrons. The minimum absolute atomic E-state index is 0.0466. The van der Waals surface area contributed by atoms with Crippen LogP contribution < -0.4 is 5.32 Å². The van der Waals surface area contributed by atoms with E-state index in [0.29, 0.717) is 40.4 Å². The van der Waals surface area contributed by atoms with Crippen LogP contribution in [0.25, 0.3) is 11.5 Å². The number of nitrogens with one attached hydrogen (secondary N) is 1. The number of thioether (sulfide) groups is 1. The molecule has 2 rings (SSSR count). The molecule has 1 aromatic heterocycles. The first kappa shape index (κ1) is 15.6. The zero-order chi connectivity index (χ0) is 15.1. The highest BCUT2D eigenvalue weighted by Crippen LogP contribution is 2.26. The van der Waals surface area contributed by atoms with Crippen LogP contribution in [0.5, 0.6) is 0 Å². The molecule has 0 aliphatic carbocycles. The molecule has 7 heteroatoms. The third-order valence-corrected chi connectivity index (χ3v) is 3.74. The van der Waals surface area contributed by atoms with Crippen molar-refractivity contribution in [2.45, 2.75) is 5.75 Å². The molecule has 0 fully saturated rings. The van der Waals surface area contributed by atoms with E-state index in [2.05, 4.69) is 22.0 Å². The Labute approximate surface area is 131 Å². The average Bonchev–Trinajstić information content (AvgIpc) is 2.94. The first-order chi connectivity index (χ1) is 10.2. The molecule has 0 atom stereocenters. The molecule has 1 heterocycles. The smallest absolute Gasteiger partial charge is 0.259 e. The van der Waals surface area contributed by atoms with Crippen LogP contribution in [0, 0.1) is 0 Å². The predicted molar refractivity (Wildman–Crippen MR) is 84.1 cm³/mol. The van der Waals surface area contributed by atoms with Gasteiger partial charge in [0, 0.05) is 6.54 Å². The Hall–Kier alpha value is -1.79. The summed E-state index contributed by atoms with van der Waals surface area (Å²) in [5.74, 6) is 1.70. The van der Waals surface area contributed by atoms with Crippen molar-refractivity contribution in [3.05, 3.63) is 47.8 Å².